The molecule has 0 aromatic heterocycles. The van der Waals surface area contributed by atoms with Gasteiger partial charge in [-0.25, -0.2) is 0 Å². The van der Waals surface area contributed by atoms with Gasteiger partial charge in [0.2, 0.25) is 0 Å². The van der Waals surface area contributed by atoms with E-state index >= 15 is 0 Å². The average Bonchev–Trinajstić information content (AvgIpc) is 2.93. The summed E-state index contributed by atoms with van der Waals surface area (Å²) in [5, 5.41) is 13.1. The Morgan fingerprint density at radius 1 is 1.19 bits per heavy atom. The highest BCUT2D eigenvalue weighted by atomic mass is 19.3. The molecule has 1 aromatic carbocycles. The number of alkyl halides is 2. The van der Waals surface area contributed by atoms with Crippen LogP contribution in [0.3, 0.4) is 0 Å². The predicted octanol–water partition coefficient (Wildman–Crippen LogP) is 1.83. The van der Waals surface area contributed by atoms with Crippen molar-refractivity contribution in [1.82, 2.24) is 10.2 Å². The number of nitrogens with zero attached hydrogens (tertiary/aromatic N) is 1. The van der Waals surface area contributed by atoms with Crippen LogP contribution < -0.4 is 10.1 Å². The molecule has 21 heavy (non-hydrogen) atoms. The Kier molecular flexibility index (Phi) is 6.35. The van der Waals surface area contributed by atoms with E-state index in [1.54, 1.807) is 12.1 Å². The molecule has 2 rings (SSSR count). The summed E-state index contributed by atoms with van der Waals surface area (Å²) in [7, 11) is 0. The molecule has 2 N–H and O–H groups in total. The smallest absolute Gasteiger partial charge is 0.387 e. The number of hydrogen-bond acceptors (Lipinski definition) is 4. The average molecular weight is 300 g/mol. The van der Waals surface area contributed by atoms with E-state index in [0.29, 0.717) is 19.6 Å². The maximum Gasteiger partial charge on any atom is 0.387 e. The van der Waals surface area contributed by atoms with E-state index in [9.17, 15) is 13.9 Å². The fraction of sp³-hybridized carbons (Fsp3) is 0.600. The van der Waals surface area contributed by atoms with Crippen LogP contribution in [0.5, 0.6) is 5.75 Å². The number of nitrogens with one attached hydrogen (secondary N) is 1. The summed E-state index contributed by atoms with van der Waals surface area (Å²) in [6.45, 7) is 1.16. The largest absolute Gasteiger partial charge is 0.435 e. The van der Waals surface area contributed by atoms with Gasteiger partial charge in [-0.3, -0.25) is 0 Å². The van der Waals surface area contributed by atoms with Gasteiger partial charge in [0.25, 0.3) is 0 Å². The summed E-state index contributed by atoms with van der Waals surface area (Å²) in [4.78, 5) is 2.27. The third-order valence-corrected chi connectivity index (χ3v) is 3.53. The van der Waals surface area contributed by atoms with Crippen LogP contribution in [0.4, 0.5) is 8.78 Å². The third kappa shape index (κ3) is 5.95. The molecule has 1 saturated heterocycles. The number of β-amino-alcohol motifs (C(OH)–C–C–N with tert-alkyl or cyclic N) is 1. The molecule has 0 aliphatic carbocycles. The van der Waals surface area contributed by atoms with Crippen LogP contribution in [0.25, 0.3) is 0 Å². The second-order valence-electron chi connectivity index (χ2n) is 5.31. The van der Waals surface area contributed by atoms with Gasteiger partial charge in [-0.2, -0.15) is 8.78 Å². The highest BCUT2D eigenvalue weighted by Crippen LogP contribution is 2.14. The molecule has 1 aliphatic rings. The highest BCUT2D eigenvalue weighted by Gasteiger charge is 2.15. The molecule has 0 spiro atoms. The molecule has 118 valence electrons. The van der Waals surface area contributed by atoms with Crippen molar-refractivity contribution in [2.45, 2.75) is 32.1 Å². The lowest BCUT2D eigenvalue weighted by Crippen LogP contribution is -2.36. The van der Waals surface area contributed by atoms with Crippen LogP contribution in [-0.4, -0.2) is 48.9 Å². The molecule has 0 saturated carbocycles. The van der Waals surface area contributed by atoms with Crippen LogP contribution in [0.2, 0.25) is 0 Å². The number of likely N-dealkylation sites (tertiary alicyclic amines) is 1. The Morgan fingerprint density at radius 3 is 2.48 bits per heavy atom. The summed E-state index contributed by atoms with van der Waals surface area (Å²) in [6, 6.07) is 6.50. The van der Waals surface area contributed by atoms with E-state index in [1.807, 2.05) is 0 Å². The number of hydrogen-bond donors (Lipinski definition) is 2. The van der Waals surface area contributed by atoms with Crippen molar-refractivity contribution in [3.05, 3.63) is 29.8 Å². The van der Waals surface area contributed by atoms with Gasteiger partial charge < -0.3 is 20.1 Å². The van der Waals surface area contributed by atoms with Crippen LogP contribution >= 0.6 is 0 Å². The minimum absolute atomic E-state index is 0.155. The molecule has 0 radical (unpaired) electrons. The zero-order valence-electron chi connectivity index (χ0n) is 12.0. The van der Waals surface area contributed by atoms with Crippen molar-refractivity contribution < 1.29 is 18.6 Å². The molecule has 1 unspecified atom stereocenters. The normalized spacial score (nSPS) is 17.3. The summed E-state index contributed by atoms with van der Waals surface area (Å²) < 4.78 is 28.3. The van der Waals surface area contributed by atoms with E-state index < -0.39 is 6.61 Å². The van der Waals surface area contributed by atoms with Gasteiger partial charge >= 0.3 is 6.61 Å². The van der Waals surface area contributed by atoms with Gasteiger partial charge in [-0.05, 0) is 43.6 Å². The maximum atomic E-state index is 12.0. The Labute approximate surface area is 123 Å². The number of ether oxygens (including phenoxy) is 1. The third-order valence-electron chi connectivity index (χ3n) is 3.53. The van der Waals surface area contributed by atoms with Gasteiger partial charge in [-0.1, -0.05) is 12.1 Å². The number of aliphatic hydroxyl groups is 1. The molecular weight excluding hydrogens is 278 g/mol. The Morgan fingerprint density at radius 2 is 1.86 bits per heavy atom. The first kappa shape index (κ1) is 16.1. The van der Waals surface area contributed by atoms with Crippen LogP contribution in [0.15, 0.2) is 24.3 Å². The van der Waals surface area contributed by atoms with E-state index in [2.05, 4.69) is 15.0 Å². The molecular formula is C15H22F2N2O2. The minimum Gasteiger partial charge on any atom is -0.435 e. The molecule has 1 heterocycles. The van der Waals surface area contributed by atoms with E-state index in [-0.39, 0.29) is 11.9 Å². The van der Waals surface area contributed by atoms with Crippen molar-refractivity contribution in [3.8, 4) is 5.75 Å². The standard InChI is InChI=1S/C15H22F2N2O2/c16-15(17)21-14-5-3-12(4-6-14)9-18-10-13(20)11-19-7-1-2-8-19/h3-6,13,15,18,20H,1-2,7-11H2. The lowest BCUT2D eigenvalue weighted by Gasteiger charge is -2.19. The van der Waals surface area contributed by atoms with Gasteiger partial charge in [-0.15, -0.1) is 0 Å². The van der Waals surface area contributed by atoms with Gasteiger partial charge in [0.05, 0.1) is 6.10 Å². The molecule has 4 nitrogen and oxygen atoms in total. The van der Waals surface area contributed by atoms with Crippen LogP contribution in [0.1, 0.15) is 18.4 Å². The van der Waals surface area contributed by atoms with Gasteiger partial charge in [0.1, 0.15) is 5.75 Å². The first-order valence-electron chi connectivity index (χ1n) is 7.28. The van der Waals surface area contributed by atoms with E-state index in [4.69, 9.17) is 0 Å². The van der Waals surface area contributed by atoms with Crippen molar-refractivity contribution in [1.29, 1.82) is 0 Å². The summed E-state index contributed by atoms with van der Waals surface area (Å²) in [6.07, 6.45) is 2.05. The monoisotopic (exact) mass is 300 g/mol. The maximum absolute atomic E-state index is 12.0. The van der Waals surface area contributed by atoms with Gasteiger partial charge in [0, 0.05) is 19.6 Å². The summed E-state index contributed by atoms with van der Waals surface area (Å²) in [5.41, 5.74) is 0.963. The number of halogens is 2. The summed E-state index contributed by atoms with van der Waals surface area (Å²) in [5.74, 6) is 0.155. The fourth-order valence-corrected chi connectivity index (χ4v) is 2.50. The molecule has 1 aromatic rings. The second kappa shape index (κ2) is 8.26. The van der Waals surface area contributed by atoms with E-state index in [0.717, 1.165) is 18.7 Å². The first-order chi connectivity index (χ1) is 10.1. The Balaban J connectivity index is 1.65. The SMILES string of the molecule is OC(CNCc1ccc(OC(F)F)cc1)CN1CCCC1. The number of benzene rings is 1. The first-order valence-corrected chi connectivity index (χ1v) is 7.28. The lowest BCUT2D eigenvalue weighted by molar-refractivity contribution is -0.0498. The molecule has 1 aliphatic heterocycles. The zero-order chi connectivity index (χ0) is 15.1. The van der Waals surface area contributed by atoms with Crippen molar-refractivity contribution in [2.24, 2.45) is 0 Å². The topological polar surface area (TPSA) is 44.7 Å². The van der Waals surface area contributed by atoms with Crippen LogP contribution in [0, 0.1) is 0 Å². The second-order valence-corrected chi connectivity index (χ2v) is 5.31. The molecule has 6 heteroatoms. The number of aliphatic hydroxyl groups excluding tert-OH is 1. The van der Waals surface area contributed by atoms with Crippen LogP contribution in [-0.2, 0) is 6.54 Å². The molecule has 1 atom stereocenters. The molecule has 0 amide bonds. The van der Waals surface area contributed by atoms with Crippen molar-refractivity contribution >= 4 is 0 Å². The predicted molar refractivity (Wildman–Crippen MR) is 76.5 cm³/mol. The molecule has 1 fully saturated rings. The van der Waals surface area contributed by atoms with Gasteiger partial charge in [0.15, 0.2) is 0 Å². The highest BCUT2D eigenvalue weighted by molar-refractivity contribution is 5.27. The zero-order valence-corrected chi connectivity index (χ0v) is 12.0. The van der Waals surface area contributed by atoms with Crippen molar-refractivity contribution in [2.75, 3.05) is 26.2 Å². The van der Waals surface area contributed by atoms with Crippen molar-refractivity contribution in [3.63, 3.8) is 0 Å². The van der Waals surface area contributed by atoms with E-state index in [1.165, 1.54) is 25.0 Å². The Hall–Kier alpha value is -1.24. The Bertz CT molecular complexity index is 409. The minimum atomic E-state index is -2.80. The lowest BCUT2D eigenvalue weighted by atomic mass is 10.2. The molecule has 0 bridgehead atoms. The fourth-order valence-electron chi connectivity index (χ4n) is 2.50. The number of rotatable bonds is 8. The quantitative estimate of drug-likeness (QED) is 0.769. The summed E-state index contributed by atoms with van der Waals surface area (Å²) >= 11 is 0.